The molecule has 2 aliphatic heterocycles. The number of ether oxygens (including phenoxy) is 1. The molecule has 0 radical (unpaired) electrons. The van der Waals surface area contributed by atoms with Crippen molar-refractivity contribution in [2.45, 2.75) is 16.3 Å². The van der Waals surface area contributed by atoms with Crippen molar-refractivity contribution in [2.75, 3.05) is 18.1 Å². The number of benzene rings is 2. The summed E-state index contributed by atoms with van der Waals surface area (Å²) in [5.74, 6) is -3.11. The Labute approximate surface area is 233 Å². The molecule has 2 aliphatic rings. The summed E-state index contributed by atoms with van der Waals surface area (Å²) in [6.07, 6.45) is 0. The molecule has 4 rings (SSSR count). The lowest BCUT2D eigenvalue weighted by Gasteiger charge is -2.49. The largest absolute Gasteiger partial charge is 0.477 e. The molecule has 2 aromatic carbocycles. The van der Waals surface area contributed by atoms with E-state index in [9.17, 15) is 34.4 Å². The monoisotopic (exact) mass is 597 g/mol. The number of fused-ring (bicyclic) bond motifs is 1. The van der Waals surface area contributed by atoms with Gasteiger partial charge in [0.05, 0.1) is 21.3 Å². The second-order valence-corrected chi connectivity index (χ2v) is 10.9. The topological polar surface area (TPSA) is 156 Å². The number of nitro groups is 1. The lowest BCUT2D eigenvalue weighted by molar-refractivity contribution is -0.384. The number of carbonyl (C=O) groups excluding carboxylic acids is 3. The first kappa shape index (κ1) is 27.8. The van der Waals surface area contributed by atoms with Gasteiger partial charge in [-0.2, -0.15) is 0 Å². The molecule has 0 aromatic heterocycles. The highest BCUT2D eigenvalue weighted by Crippen LogP contribution is 2.40. The van der Waals surface area contributed by atoms with E-state index in [1.165, 1.54) is 23.9 Å². The van der Waals surface area contributed by atoms with Crippen LogP contribution < -0.4 is 5.32 Å². The molecule has 2 heterocycles. The number of hydrogen-bond acceptors (Lipinski definition) is 9. The summed E-state index contributed by atoms with van der Waals surface area (Å²) in [6, 6.07) is 8.68. The molecule has 0 bridgehead atoms. The third-order valence-corrected chi connectivity index (χ3v) is 8.58. The number of hydrogen-bond donors (Lipinski definition) is 2. The number of nitrogens with one attached hydrogen (secondary N) is 1. The average Bonchev–Trinajstić information content (AvgIpc) is 2.90. The smallest absolute Gasteiger partial charge is 0.352 e. The fourth-order valence-corrected chi connectivity index (χ4v) is 6.33. The van der Waals surface area contributed by atoms with E-state index in [4.69, 9.17) is 27.9 Å². The molecular weight excluding hydrogens is 581 g/mol. The van der Waals surface area contributed by atoms with Crippen molar-refractivity contribution in [2.24, 2.45) is 0 Å². The second kappa shape index (κ2) is 11.6. The van der Waals surface area contributed by atoms with Gasteiger partial charge in [0.1, 0.15) is 23.7 Å². The van der Waals surface area contributed by atoms with E-state index in [1.807, 2.05) is 0 Å². The predicted molar refractivity (Wildman–Crippen MR) is 140 cm³/mol. The number of carboxylic acids is 1. The molecule has 15 heteroatoms. The van der Waals surface area contributed by atoms with Crippen molar-refractivity contribution in [1.29, 1.82) is 0 Å². The fourth-order valence-electron chi connectivity index (χ4n) is 3.70. The number of rotatable bonds is 9. The van der Waals surface area contributed by atoms with Crippen LogP contribution in [0.4, 0.5) is 5.69 Å². The van der Waals surface area contributed by atoms with E-state index >= 15 is 0 Å². The molecule has 2 amide bonds. The van der Waals surface area contributed by atoms with Crippen LogP contribution in [0.1, 0.15) is 10.4 Å². The van der Waals surface area contributed by atoms with Gasteiger partial charge in [0.15, 0.2) is 0 Å². The normalized spacial score (nSPS) is 18.4. The molecule has 198 valence electrons. The van der Waals surface area contributed by atoms with Crippen molar-refractivity contribution >= 4 is 76.2 Å². The Bertz CT molecular complexity index is 1370. The number of non-ortho nitro benzene ring substituents is 1. The van der Waals surface area contributed by atoms with Crippen LogP contribution >= 0.6 is 46.7 Å². The van der Waals surface area contributed by atoms with Crippen LogP contribution in [0.2, 0.25) is 10.0 Å². The molecule has 0 saturated carbocycles. The molecule has 38 heavy (non-hydrogen) atoms. The van der Waals surface area contributed by atoms with Gasteiger partial charge < -0.3 is 15.2 Å². The number of amides is 2. The van der Waals surface area contributed by atoms with Crippen LogP contribution in [0.5, 0.6) is 0 Å². The Morgan fingerprint density at radius 1 is 1.21 bits per heavy atom. The number of nitro benzene ring substituents is 1. The number of carboxylic acid groups (broad SMARTS) is 1. The van der Waals surface area contributed by atoms with Crippen molar-refractivity contribution in [1.82, 2.24) is 10.2 Å². The molecule has 0 spiro atoms. The Kier molecular flexibility index (Phi) is 8.51. The van der Waals surface area contributed by atoms with Crippen LogP contribution in [0.25, 0.3) is 0 Å². The first-order valence-corrected chi connectivity index (χ1v) is 13.5. The third kappa shape index (κ3) is 5.90. The van der Waals surface area contributed by atoms with E-state index in [0.29, 0.717) is 14.9 Å². The van der Waals surface area contributed by atoms with Crippen LogP contribution in [-0.2, 0) is 19.1 Å². The Morgan fingerprint density at radius 2 is 1.92 bits per heavy atom. The van der Waals surface area contributed by atoms with Crippen molar-refractivity contribution in [3.8, 4) is 0 Å². The minimum atomic E-state index is -1.37. The van der Waals surface area contributed by atoms with Crippen LogP contribution in [0, 0.1) is 10.1 Å². The number of halogens is 2. The lowest BCUT2D eigenvalue weighted by atomic mass is 10.0. The summed E-state index contributed by atoms with van der Waals surface area (Å²) in [5, 5.41) is 23.4. The van der Waals surface area contributed by atoms with Crippen LogP contribution in [-0.4, -0.2) is 68.2 Å². The highest BCUT2D eigenvalue weighted by atomic mass is 35.5. The first-order chi connectivity index (χ1) is 18.1. The van der Waals surface area contributed by atoms with Gasteiger partial charge in [-0.05, 0) is 30.3 Å². The second-order valence-electron chi connectivity index (χ2n) is 7.96. The van der Waals surface area contributed by atoms with Crippen molar-refractivity contribution in [3.05, 3.63) is 79.5 Å². The van der Waals surface area contributed by atoms with E-state index in [2.05, 4.69) is 5.32 Å². The molecule has 1 unspecified atom stereocenters. The highest BCUT2D eigenvalue weighted by Gasteiger charge is 2.54. The Balaban J connectivity index is 1.37. The van der Waals surface area contributed by atoms with E-state index in [1.54, 1.807) is 18.2 Å². The molecule has 2 N–H and O–H groups in total. The maximum absolute atomic E-state index is 12.8. The van der Waals surface area contributed by atoms with Gasteiger partial charge in [-0.3, -0.25) is 24.6 Å². The fraction of sp³-hybridized carbons (Fsp3) is 0.217. The summed E-state index contributed by atoms with van der Waals surface area (Å²) in [7, 11) is 0. The van der Waals surface area contributed by atoms with E-state index in [0.717, 1.165) is 28.8 Å². The molecule has 0 aliphatic carbocycles. The molecule has 2 aromatic rings. The van der Waals surface area contributed by atoms with Crippen LogP contribution in [0.15, 0.2) is 58.6 Å². The van der Waals surface area contributed by atoms with Gasteiger partial charge >= 0.3 is 11.9 Å². The summed E-state index contributed by atoms with van der Waals surface area (Å²) in [6.45, 7) is -0.394. The standard InChI is InChI=1S/C23H17Cl2N3O8S2/c24-13-3-6-15(25)16(7-13)37-10-17(29)26-18-20(30)27-19(22(31)32)12(9-38-21(18)27)8-36-23(33)11-1-4-14(5-2-11)28(34)35/h1-7,18,21H,8-10H2,(H,26,29)(H,31,32)/t18-,21?/m1/s1. The maximum atomic E-state index is 12.8. The molecule has 1 fully saturated rings. The first-order valence-electron chi connectivity index (χ1n) is 10.8. The van der Waals surface area contributed by atoms with Gasteiger partial charge in [0.25, 0.3) is 11.6 Å². The molecule has 1 saturated heterocycles. The summed E-state index contributed by atoms with van der Waals surface area (Å²) in [5.41, 5.74) is -0.245. The number of β-lactam (4-membered cyclic amide) rings is 1. The average molecular weight is 598 g/mol. The summed E-state index contributed by atoms with van der Waals surface area (Å²) < 4.78 is 5.20. The maximum Gasteiger partial charge on any atom is 0.352 e. The minimum absolute atomic E-state index is 0.0350. The van der Waals surface area contributed by atoms with E-state index < -0.39 is 46.7 Å². The van der Waals surface area contributed by atoms with Gasteiger partial charge in [-0.25, -0.2) is 9.59 Å². The third-order valence-electron chi connectivity index (χ3n) is 5.51. The molecule has 2 atom stereocenters. The highest BCUT2D eigenvalue weighted by molar-refractivity contribution is 8.00. The summed E-state index contributed by atoms with van der Waals surface area (Å²) >= 11 is 14.4. The minimum Gasteiger partial charge on any atom is -0.477 e. The van der Waals surface area contributed by atoms with Gasteiger partial charge in [0.2, 0.25) is 5.91 Å². The zero-order chi connectivity index (χ0) is 27.6. The Morgan fingerprint density at radius 3 is 2.58 bits per heavy atom. The lowest BCUT2D eigenvalue weighted by Crippen LogP contribution is -2.70. The predicted octanol–water partition coefficient (Wildman–Crippen LogP) is 3.59. The number of esters is 1. The zero-order valence-corrected chi connectivity index (χ0v) is 22.2. The van der Waals surface area contributed by atoms with Gasteiger partial charge in [-0.15, -0.1) is 23.5 Å². The SMILES string of the molecule is O=C(CSc1cc(Cl)ccc1Cl)N[C@@H]1C(=O)N2C(C(=O)O)=C(COC(=O)c3ccc([N+](=O)[O-])cc3)CSC12. The van der Waals surface area contributed by atoms with Gasteiger partial charge in [0, 0.05) is 33.4 Å². The van der Waals surface area contributed by atoms with E-state index in [-0.39, 0.29) is 34.0 Å². The Hall–Kier alpha value is -3.26. The zero-order valence-electron chi connectivity index (χ0n) is 19.1. The number of aliphatic carboxylic acids is 1. The summed E-state index contributed by atoms with van der Waals surface area (Å²) in [4.78, 5) is 61.4. The van der Waals surface area contributed by atoms with Gasteiger partial charge in [-0.1, -0.05) is 23.2 Å². The van der Waals surface area contributed by atoms with Crippen molar-refractivity contribution < 1.29 is 33.9 Å². The number of carbonyl (C=O) groups is 4. The molecule has 11 nitrogen and oxygen atoms in total. The van der Waals surface area contributed by atoms with Crippen molar-refractivity contribution in [3.63, 3.8) is 0 Å². The van der Waals surface area contributed by atoms with Crippen LogP contribution in [0.3, 0.4) is 0 Å². The number of nitrogens with zero attached hydrogens (tertiary/aromatic N) is 2. The quantitative estimate of drug-likeness (QED) is 0.144. The molecular formula is C23H17Cl2N3O8S2. The number of thioether (sulfide) groups is 2.